The van der Waals surface area contributed by atoms with Gasteiger partial charge in [0.2, 0.25) is 16.9 Å². The molecule has 0 radical (unpaired) electrons. The van der Waals surface area contributed by atoms with Crippen molar-refractivity contribution in [3.05, 3.63) is 143 Å². The molecular weight excluding hydrogens is 460 g/mol. The number of aromatic nitrogens is 2. The van der Waals surface area contributed by atoms with Gasteiger partial charge in [-0.1, -0.05) is 66.7 Å². The molecule has 3 aliphatic rings. The maximum Gasteiger partial charge on any atom is 0.216 e. The molecule has 0 saturated carbocycles. The third-order valence-electron chi connectivity index (χ3n) is 9.18. The summed E-state index contributed by atoms with van der Waals surface area (Å²) in [4.78, 5) is 0. The van der Waals surface area contributed by atoms with Crippen molar-refractivity contribution >= 4 is 0 Å². The standard InChI is InChI=1S/C36H30N2/c1-24-10-3-5-13-29(24)26-18-19-37(35(20-26)30-14-6-4-11-25(30)2)23-27-21-33-31-15-7-8-16-32(31)34-17-9-12-28-22-36(27,33)38(28)34/h3-21,33H,22-23H2,1-2H3/q+2. The van der Waals surface area contributed by atoms with Gasteiger partial charge in [0.15, 0.2) is 18.4 Å². The molecule has 3 aromatic carbocycles. The molecule has 182 valence electrons. The Kier molecular flexibility index (Phi) is 4.49. The molecule has 5 aromatic rings. The summed E-state index contributed by atoms with van der Waals surface area (Å²) in [5, 5.41) is 0. The van der Waals surface area contributed by atoms with Crippen LogP contribution < -0.4 is 9.13 Å². The van der Waals surface area contributed by atoms with E-state index in [4.69, 9.17) is 0 Å². The predicted molar refractivity (Wildman–Crippen MR) is 152 cm³/mol. The van der Waals surface area contributed by atoms with E-state index in [1.165, 1.54) is 61.6 Å². The van der Waals surface area contributed by atoms with Crippen LogP contribution in [-0.2, 0) is 18.5 Å². The zero-order valence-electron chi connectivity index (χ0n) is 21.9. The van der Waals surface area contributed by atoms with Gasteiger partial charge >= 0.3 is 0 Å². The summed E-state index contributed by atoms with van der Waals surface area (Å²) in [6.07, 6.45) is 5.98. The van der Waals surface area contributed by atoms with E-state index >= 15 is 0 Å². The monoisotopic (exact) mass is 490 g/mol. The summed E-state index contributed by atoms with van der Waals surface area (Å²) in [5.41, 5.74) is 15.0. The maximum absolute atomic E-state index is 2.64. The van der Waals surface area contributed by atoms with E-state index in [-0.39, 0.29) is 5.54 Å². The minimum Gasteiger partial charge on any atom is -0.194 e. The van der Waals surface area contributed by atoms with Gasteiger partial charge < -0.3 is 0 Å². The number of hydrogen-bond acceptors (Lipinski definition) is 0. The van der Waals surface area contributed by atoms with E-state index in [9.17, 15) is 0 Å². The molecule has 2 atom stereocenters. The number of rotatable bonds is 4. The number of benzene rings is 3. The summed E-state index contributed by atoms with van der Waals surface area (Å²) < 4.78 is 5.12. The molecule has 38 heavy (non-hydrogen) atoms. The van der Waals surface area contributed by atoms with E-state index in [2.05, 4.69) is 138 Å². The molecule has 2 aromatic heterocycles. The average molecular weight is 491 g/mol. The highest BCUT2D eigenvalue weighted by atomic mass is 15.2. The normalized spacial score (nSPS) is 19.8. The smallest absolute Gasteiger partial charge is 0.194 e. The van der Waals surface area contributed by atoms with Crippen LogP contribution in [0.5, 0.6) is 0 Å². The minimum absolute atomic E-state index is 0.0744. The lowest BCUT2D eigenvalue weighted by Gasteiger charge is -2.51. The molecule has 0 saturated heterocycles. The Balaban J connectivity index is 1.27. The minimum atomic E-state index is 0.0744. The van der Waals surface area contributed by atoms with E-state index in [0.717, 1.165) is 13.0 Å². The number of aryl methyl sites for hydroxylation is 2. The molecule has 0 amide bonds. The second-order valence-electron chi connectivity index (χ2n) is 11.2. The third-order valence-corrected chi connectivity index (χ3v) is 9.18. The Bertz CT molecular complexity index is 1810. The molecule has 2 unspecified atom stereocenters. The van der Waals surface area contributed by atoms with Crippen molar-refractivity contribution in [3.63, 3.8) is 0 Å². The van der Waals surface area contributed by atoms with Crippen molar-refractivity contribution in [3.8, 4) is 33.6 Å². The van der Waals surface area contributed by atoms with Crippen LogP contribution in [0.2, 0.25) is 0 Å². The molecule has 2 nitrogen and oxygen atoms in total. The second kappa shape index (κ2) is 7.85. The van der Waals surface area contributed by atoms with Gasteiger partial charge in [-0.05, 0) is 59.9 Å². The Labute approximate surface area is 224 Å². The Morgan fingerprint density at radius 1 is 0.711 bits per heavy atom. The molecule has 1 spiro atoms. The number of hydrogen-bond donors (Lipinski definition) is 0. The summed E-state index contributed by atoms with van der Waals surface area (Å²) in [5.74, 6) is 0.454. The van der Waals surface area contributed by atoms with Crippen LogP contribution in [0, 0.1) is 13.8 Å². The first-order chi connectivity index (χ1) is 18.6. The van der Waals surface area contributed by atoms with E-state index in [1.807, 2.05) is 0 Å². The van der Waals surface area contributed by atoms with E-state index < -0.39 is 0 Å². The van der Waals surface area contributed by atoms with Gasteiger partial charge in [0.05, 0.1) is 17.1 Å². The topological polar surface area (TPSA) is 7.76 Å². The first-order valence-electron chi connectivity index (χ1n) is 13.7. The van der Waals surface area contributed by atoms with Gasteiger partial charge in [-0.2, -0.15) is 9.13 Å². The van der Waals surface area contributed by atoms with Crippen LogP contribution in [0.1, 0.15) is 28.3 Å². The van der Waals surface area contributed by atoms with Crippen molar-refractivity contribution in [2.75, 3.05) is 0 Å². The zero-order chi connectivity index (χ0) is 25.4. The van der Waals surface area contributed by atoms with Crippen LogP contribution in [0.3, 0.4) is 0 Å². The van der Waals surface area contributed by atoms with Gasteiger partial charge in [0, 0.05) is 29.8 Å². The van der Waals surface area contributed by atoms with Crippen molar-refractivity contribution in [1.29, 1.82) is 0 Å². The first-order valence-corrected chi connectivity index (χ1v) is 13.7. The molecule has 0 N–H and O–H groups in total. The number of fused-ring (bicyclic) bond motifs is 3. The summed E-state index contributed by atoms with van der Waals surface area (Å²) in [6, 6.07) is 38.0. The van der Waals surface area contributed by atoms with Crippen LogP contribution in [0.4, 0.5) is 0 Å². The van der Waals surface area contributed by atoms with E-state index in [1.54, 1.807) is 0 Å². The fourth-order valence-electron chi connectivity index (χ4n) is 7.28. The third kappa shape index (κ3) is 2.83. The molecule has 0 fully saturated rings. The van der Waals surface area contributed by atoms with Gasteiger partial charge in [0.25, 0.3) is 0 Å². The van der Waals surface area contributed by atoms with Crippen molar-refractivity contribution in [2.45, 2.75) is 38.3 Å². The SMILES string of the molecule is Cc1ccccc1-c1cc[n+](CC2=CC3c4ccccc4-c4cccc5[n+]4C23C5)c(-c2ccccc2C)c1. The van der Waals surface area contributed by atoms with Crippen molar-refractivity contribution in [1.82, 2.24) is 0 Å². The number of allylic oxidation sites excluding steroid dienone is 2. The number of pyridine rings is 2. The fourth-order valence-corrected chi connectivity index (χ4v) is 7.28. The largest absolute Gasteiger partial charge is 0.216 e. The molecule has 2 aliphatic heterocycles. The molecule has 4 heterocycles. The van der Waals surface area contributed by atoms with Crippen LogP contribution in [0.25, 0.3) is 33.6 Å². The fraction of sp³-hybridized carbons (Fsp3) is 0.167. The molecule has 8 rings (SSSR count). The van der Waals surface area contributed by atoms with Crippen molar-refractivity contribution in [2.24, 2.45) is 0 Å². The second-order valence-corrected chi connectivity index (χ2v) is 11.2. The zero-order valence-corrected chi connectivity index (χ0v) is 21.9. The molecule has 2 heteroatoms. The molecule has 1 aliphatic carbocycles. The molecule has 0 bridgehead atoms. The van der Waals surface area contributed by atoms with Gasteiger partial charge in [-0.25, -0.2) is 0 Å². The lowest BCUT2D eigenvalue weighted by molar-refractivity contribution is -0.806. The number of nitrogens with zero attached hydrogens (tertiary/aromatic N) is 2. The Morgan fingerprint density at radius 2 is 1.42 bits per heavy atom. The maximum atomic E-state index is 2.64. The summed E-state index contributed by atoms with van der Waals surface area (Å²) in [7, 11) is 0. The molecular formula is C36H30N2+2. The summed E-state index contributed by atoms with van der Waals surface area (Å²) in [6.45, 7) is 5.32. The summed E-state index contributed by atoms with van der Waals surface area (Å²) >= 11 is 0. The van der Waals surface area contributed by atoms with Gasteiger partial charge in [-0.3, -0.25) is 0 Å². The quantitative estimate of drug-likeness (QED) is 0.192. The lowest BCUT2D eigenvalue weighted by Crippen LogP contribution is -2.78. The first kappa shape index (κ1) is 21.8. The highest BCUT2D eigenvalue weighted by molar-refractivity contribution is 5.72. The van der Waals surface area contributed by atoms with Crippen LogP contribution in [0.15, 0.2) is 121 Å². The van der Waals surface area contributed by atoms with E-state index in [0.29, 0.717) is 5.92 Å². The average Bonchev–Trinajstić information content (AvgIpc) is 2.92. The van der Waals surface area contributed by atoms with Crippen molar-refractivity contribution < 1.29 is 9.13 Å². The Morgan fingerprint density at radius 3 is 2.21 bits per heavy atom. The highest BCUT2D eigenvalue weighted by Crippen LogP contribution is 2.57. The predicted octanol–water partition coefficient (Wildman–Crippen LogP) is 6.87. The highest BCUT2D eigenvalue weighted by Gasteiger charge is 2.69. The van der Waals surface area contributed by atoms with Gasteiger partial charge in [0.1, 0.15) is 6.42 Å². The Hall–Kier alpha value is -4.30. The lowest BCUT2D eigenvalue weighted by atomic mass is 9.55. The van der Waals surface area contributed by atoms with Gasteiger partial charge in [-0.15, -0.1) is 0 Å². The van der Waals surface area contributed by atoms with Crippen LogP contribution >= 0.6 is 0 Å². The van der Waals surface area contributed by atoms with Crippen LogP contribution in [-0.4, -0.2) is 0 Å².